The standard InChI is InChI=1S/C22H32N4O6/c27-17-9-5-1-2-6-10-18(28)24-16-14-26(22(16)32)20(30)12-8-4-3-7-11-19(29)25-13-15(23-17)21(25)31/h15-16H,1-14H2,(H,23,27)(H,24,28)/t15-,16-/m0/s1. The van der Waals surface area contributed by atoms with Gasteiger partial charge in [-0.25, -0.2) is 0 Å². The van der Waals surface area contributed by atoms with Gasteiger partial charge < -0.3 is 10.6 Å². The molecule has 0 aliphatic carbocycles. The van der Waals surface area contributed by atoms with Gasteiger partial charge in [0.05, 0.1) is 13.1 Å². The number of hydrogen-bond donors (Lipinski definition) is 2. The molecular formula is C22H32N4O6. The molecule has 6 heterocycles. The van der Waals surface area contributed by atoms with Crippen LogP contribution in [0, 0.1) is 0 Å². The molecule has 0 saturated carbocycles. The molecular weight excluding hydrogens is 416 g/mol. The van der Waals surface area contributed by atoms with E-state index in [2.05, 4.69) is 10.6 Å². The number of rotatable bonds is 0. The van der Waals surface area contributed by atoms with E-state index in [1.54, 1.807) is 0 Å². The highest BCUT2D eigenvalue weighted by Gasteiger charge is 2.42. The quantitative estimate of drug-likeness (QED) is 0.407. The Labute approximate surface area is 187 Å². The van der Waals surface area contributed by atoms with Crippen LogP contribution in [0.1, 0.15) is 77.0 Å². The summed E-state index contributed by atoms with van der Waals surface area (Å²) in [6.07, 6.45) is 6.66. The molecule has 2 N–H and O–H groups in total. The molecule has 10 nitrogen and oxygen atoms in total. The third-order valence-corrected chi connectivity index (χ3v) is 6.22. The molecule has 6 amide bonds. The number of imide groups is 2. The lowest BCUT2D eigenvalue weighted by Crippen LogP contribution is -2.65. The van der Waals surface area contributed by atoms with E-state index < -0.39 is 12.1 Å². The Bertz CT molecular complexity index is 718. The first-order chi connectivity index (χ1) is 15.4. The summed E-state index contributed by atoms with van der Waals surface area (Å²) in [6, 6.07) is -1.23. The van der Waals surface area contributed by atoms with Crippen molar-refractivity contribution in [1.82, 2.24) is 20.4 Å². The maximum absolute atomic E-state index is 12.2. The molecule has 0 aromatic rings. The second-order valence-corrected chi connectivity index (χ2v) is 8.75. The molecule has 0 spiro atoms. The second-order valence-electron chi connectivity index (χ2n) is 8.75. The van der Waals surface area contributed by atoms with Crippen molar-refractivity contribution >= 4 is 35.4 Å². The Hall–Kier alpha value is -2.78. The van der Waals surface area contributed by atoms with Crippen LogP contribution in [0.4, 0.5) is 0 Å². The average molecular weight is 449 g/mol. The number of carbonyl (C=O) groups is 6. The molecule has 6 fully saturated rings. The van der Waals surface area contributed by atoms with Crippen LogP contribution in [0.15, 0.2) is 0 Å². The number of nitrogens with one attached hydrogen (secondary N) is 2. The van der Waals surface area contributed by atoms with Crippen molar-refractivity contribution in [2.24, 2.45) is 0 Å². The van der Waals surface area contributed by atoms with Crippen molar-refractivity contribution in [2.45, 2.75) is 89.1 Å². The van der Waals surface area contributed by atoms with Gasteiger partial charge in [0.1, 0.15) is 12.1 Å². The van der Waals surface area contributed by atoms with Gasteiger partial charge in [-0.2, -0.15) is 0 Å². The first kappa shape index (κ1) is 23.9. The van der Waals surface area contributed by atoms with Gasteiger partial charge in [-0.05, 0) is 25.7 Å². The highest BCUT2D eigenvalue weighted by atomic mass is 16.2. The Morgan fingerprint density at radius 3 is 1.19 bits per heavy atom. The molecule has 6 aliphatic rings. The molecule has 6 aliphatic heterocycles. The molecule has 32 heavy (non-hydrogen) atoms. The van der Waals surface area contributed by atoms with E-state index in [1.165, 1.54) is 9.80 Å². The van der Waals surface area contributed by atoms with E-state index in [0.717, 1.165) is 25.7 Å². The van der Waals surface area contributed by atoms with Crippen molar-refractivity contribution in [1.29, 1.82) is 0 Å². The minimum atomic E-state index is -0.615. The van der Waals surface area contributed by atoms with Crippen LogP contribution in [0.5, 0.6) is 0 Å². The number of nitrogens with zero attached hydrogens (tertiary/aromatic N) is 2. The number of carbonyl (C=O) groups excluding carboxylic acids is 6. The van der Waals surface area contributed by atoms with Crippen LogP contribution in [0.2, 0.25) is 0 Å². The van der Waals surface area contributed by atoms with Gasteiger partial charge in [0.15, 0.2) is 0 Å². The summed E-state index contributed by atoms with van der Waals surface area (Å²) in [5, 5.41) is 5.35. The SMILES string of the molecule is O=C1CCCCCCC(=O)N[C@H]2CN(C(=O)CCCCCCC(=O)N3C[C@H](N1)C3=O)C2=O. The maximum atomic E-state index is 12.2. The summed E-state index contributed by atoms with van der Waals surface area (Å²) in [6.45, 7) is 0.440. The van der Waals surface area contributed by atoms with E-state index in [1.807, 2.05) is 0 Å². The van der Waals surface area contributed by atoms with Gasteiger partial charge in [-0.15, -0.1) is 0 Å². The van der Waals surface area contributed by atoms with Crippen LogP contribution in [0.3, 0.4) is 0 Å². The minimum absolute atomic E-state index is 0.203. The summed E-state index contributed by atoms with van der Waals surface area (Å²) in [4.78, 5) is 75.0. The second kappa shape index (κ2) is 11.2. The van der Waals surface area contributed by atoms with Crippen LogP contribution in [-0.4, -0.2) is 70.4 Å². The third-order valence-electron chi connectivity index (χ3n) is 6.22. The van der Waals surface area contributed by atoms with Crippen LogP contribution < -0.4 is 10.6 Å². The molecule has 176 valence electrons. The Kier molecular flexibility index (Phi) is 8.35. The van der Waals surface area contributed by atoms with Gasteiger partial charge in [0.25, 0.3) is 11.8 Å². The monoisotopic (exact) mass is 448 g/mol. The zero-order valence-electron chi connectivity index (χ0n) is 18.4. The van der Waals surface area contributed by atoms with Crippen molar-refractivity contribution in [3.05, 3.63) is 0 Å². The molecule has 10 heteroatoms. The van der Waals surface area contributed by atoms with Crippen molar-refractivity contribution in [3.63, 3.8) is 0 Å². The highest BCUT2D eigenvalue weighted by Crippen LogP contribution is 2.17. The fourth-order valence-electron chi connectivity index (χ4n) is 4.15. The Morgan fingerprint density at radius 2 is 0.844 bits per heavy atom. The Morgan fingerprint density at radius 1 is 0.500 bits per heavy atom. The summed E-state index contributed by atoms with van der Waals surface area (Å²) in [5.74, 6) is -1.58. The lowest BCUT2D eigenvalue weighted by atomic mass is 10.0. The number of hydrogen-bond acceptors (Lipinski definition) is 6. The normalized spacial score (nSPS) is 27.6. The molecule has 0 unspecified atom stereocenters. The van der Waals surface area contributed by atoms with E-state index in [4.69, 9.17) is 0 Å². The highest BCUT2D eigenvalue weighted by molar-refractivity contribution is 6.05. The average Bonchev–Trinajstić information content (AvgIpc) is 2.76. The fourth-order valence-corrected chi connectivity index (χ4v) is 4.15. The van der Waals surface area contributed by atoms with Gasteiger partial charge in [-0.1, -0.05) is 25.7 Å². The smallest absolute Gasteiger partial charge is 0.253 e. The van der Waals surface area contributed by atoms with Crippen molar-refractivity contribution < 1.29 is 28.8 Å². The summed E-state index contributed by atoms with van der Waals surface area (Å²) < 4.78 is 0. The van der Waals surface area contributed by atoms with E-state index in [-0.39, 0.29) is 61.4 Å². The van der Waals surface area contributed by atoms with E-state index in [9.17, 15) is 28.8 Å². The maximum Gasteiger partial charge on any atom is 0.253 e. The molecule has 0 radical (unpaired) electrons. The lowest BCUT2D eigenvalue weighted by molar-refractivity contribution is -0.158. The summed E-state index contributed by atoms with van der Waals surface area (Å²) in [5.41, 5.74) is 0. The molecule has 6 rings (SSSR count). The Balaban J connectivity index is 1.47. The van der Waals surface area contributed by atoms with Gasteiger partial charge in [0.2, 0.25) is 23.6 Å². The molecule has 6 saturated heterocycles. The first-order valence-electron chi connectivity index (χ1n) is 11.6. The van der Waals surface area contributed by atoms with Crippen molar-refractivity contribution in [3.8, 4) is 0 Å². The van der Waals surface area contributed by atoms with Crippen molar-refractivity contribution in [2.75, 3.05) is 13.1 Å². The van der Waals surface area contributed by atoms with Crippen LogP contribution in [0.25, 0.3) is 0 Å². The zero-order chi connectivity index (χ0) is 23.1. The predicted octanol–water partition coefficient (Wildman–Crippen LogP) is 0.388. The van der Waals surface area contributed by atoms with Gasteiger partial charge >= 0.3 is 0 Å². The van der Waals surface area contributed by atoms with E-state index >= 15 is 0 Å². The van der Waals surface area contributed by atoms with Gasteiger partial charge in [-0.3, -0.25) is 38.6 Å². The summed E-state index contributed by atoms with van der Waals surface area (Å²) >= 11 is 0. The summed E-state index contributed by atoms with van der Waals surface area (Å²) in [7, 11) is 0. The molecule has 2 atom stereocenters. The predicted molar refractivity (Wildman–Crippen MR) is 113 cm³/mol. The number of amides is 6. The van der Waals surface area contributed by atoms with Gasteiger partial charge in [0, 0.05) is 25.7 Å². The van der Waals surface area contributed by atoms with Crippen LogP contribution in [-0.2, 0) is 28.8 Å². The minimum Gasteiger partial charge on any atom is -0.343 e. The molecule has 0 aromatic carbocycles. The molecule has 0 aromatic heterocycles. The first-order valence-corrected chi connectivity index (χ1v) is 11.6. The topological polar surface area (TPSA) is 133 Å². The third kappa shape index (κ3) is 6.14. The lowest BCUT2D eigenvalue weighted by Gasteiger charge is -2.37. The largest absolute Gasteiger partial charge is 0.343 e. The number of β-lactam (4-membered cyclic amide) rings is 2. The fraction of sp³-hybridized carbons (Fsp3) is 0.727. The molecule has 4 bridgehead atoms. The van der Waals surface area contributed by atoms with E-state index in [0.29, 0.717) is 38.5 Å². The zero-order valence-corrected chi connectivity index (χ0v) is 18.4. The van der Waals surface area contributed by atoms with Crippen LogP contribution >= 0.6 is 0 Å².